The van der Waals surface area contributed by atoms with Crippen molar-refractivity contribution in [1.29, 1.82) is 0 Å². The summed E-state index contributed by atoms with van der Waals surface area (Å²) in [4.78, 5) is 31.5. The number of pyridine rings is 1. The third kappa shape index (κ3) is 4.60. The molecule has 0 unspecified atom stereocenters. The Morgan fingerprint density at radius 1 is 0.853 bits per heavy atom. The topological polar surface area (TPSA) is 76.9 Å². The molecule has 0 bridgehead atoms. The van der Waals surface area contributed by atoms with Crippen LogP contribution in [0.5, 0.6) is 0 Å². The molecule has 5 aromatic rings. The molecule has 0 aliphatic carbocycles. The number of carbonyl (C=O) groups is 1. The van der Waals surface area contributed by atoms with Gasteiger partial charge in [0, 0.05) is 34.1 Å². The number of anilines is 1. The van der Waals surface area contributed by atoms with Crippen molar-refractivity contribution >= 4 is 34.1 Å². The van der Waals surface area contributed by atoms with Crippen LogP contribution in [0.15, 0.2) is 113 Å². The van der Waals surface area contributed by atoms with Gasteiger partial charge in [-0.15, -0.1) is 11.8 Å². The van der Waals surface area contributed by atoms with Gasteiger partial charge in [0.1, 0.15) is 0 Å². The molecule has 34 heavy (non-hydrogen) atoms. The summed E-state index contributed by atoms with van der Waals surface area (Å²) in [5.74, 6) is 0.438. The summed E-state index contributed by atoms with van der Waals surface area (Å²) in [5, 5.41) is 8.30. The van der Waals surface area contributed by atoms with E-state index >= 15 is 0 Å². The Balaban J connectivity index is 1.40. The summed E-state index contributed by atoms with van der Waals surface area (Å²) in [6.45, 7) is 0. The summed E-state index contributed by atoms with van der Waals surface area (Å²) in [7, 11) is 0. The summed E-state index contributed by atoms with van der Waals surface area (Å²) in [6.07, 6.45) is 3.61. The average molecular weight is 465 g/mol. The van der Waals surface area contributed by atoms with Crippen molar-refractivity contribution in [3.05, 3.63) is 125 Å². The van der Waals surface area contributed by atoms with Crippen LogP contribution in [0.25, 0.3) is 16.5 Å². The molecule has 0 saturated heterocycles. The predicted molar refractivity (Wildman–Crippen MR) is 136 cm³/mol. The van der Waals surface area contributed by atoms with Crippen LogP contribution in [0, 0.1) is 0 Å². The van der Waals surface area contributed by atoms with E-state index in [2.05, 4.69) is 15.4 Å². The van der Waals surface area contributed by atoms with Gasteiger partial charge in [0.05, 0.1) is 11.1 Å². The lowest BCUT2D eigenvalue weighted by atomic mass is 10.1. The fourth-order valence-corrected chi connectivity index (χ4v) is 4.41. The smallest absolute Gasteiger partial charge is 0.279 e. The molecule has 6 nitrogen and oxygen atoms in total. The number of carbonyl (C=O) groups excluding carboxylic acids is 1. The second kappa shape index (κ2) is 9.72. The van der Waals surface area contributed by atoms with Gasteiger partial charge in [-0.3, -0.25) is 14.6 Å². The summed E-state index contributed by atoms with van der Waals surface area (Å²) < 4.78 is 1.27. The number of hydrogen-bond acceptors (Lipinski definition) is 5. The number of benzene rings is 3. The van der Waals surface area contributed by atoms with Crippen molar-refractivity contribution in [2.45, 2.75) is 10.6 Å². The van der Waals surface area contributed by atoms with Gasteiger partial charge < -0.3 is 5.32 Å². The lowest BCUT2D eigenvalue weighted by molar-refractivity contribution is 0.102. The van der Waals surface area contributed by atoms with Gasteiger partial charge in [-0.05, 0) is 54.1 Å². The van der Waals surface area contributed by atoms with E-state index in [1.54, 1.807) is 54.4 Å². The molecule has 0 aliphatic heterocycles. The predicted octanol–water partition coefficient (Wildman–Crippen LogP) is 5.33. The first-order valence-electron chi connectivity index (χ1n) is 10.7. The lowest BCUT2D eigenvalue weighted by Crippen LogP contribution is -2.26. The fraction of sp³-hybridized carbons (Fsp3) is 0.0370. The van der Waals surface area contributed by atoms with Gasteiger partial charge in [0.15, 0.2) is 5.69 Å². The van der Waals surface area contributed by atoms with E-state index in [1.165, 1.54) is 4.68 Å². The molecule has 0 fully saturated rings. The quantitative estimate of drug-likeness (QED) is 0.344. The number of nitrogens with one attached hydrogen (secondary N) is 1. The Hall–Kier alpha value is -4.23. The maximum absolute atomic E-state index is 13.2. The number of hydrogen-bond donors (Lipinski definition) is 1. The van der Waals surface area contributed by atoms with E-state index in [-0.39, 0.29) is 17.2 Å². The first-order chi connectivity index (χ1) is 16.7. The van der Waals surface area contributed by atoms with Crippen LogP contribution in [0.2, 0.25) is 0 Å². The number of nitrogens with zero attached hydrogens (tertiary/aromatic N) is 3. The second-order valence-corrected chi connectivity index (χ2v) is 8.62. The van der Waals surface area contributed by atoms with Gasteiger partial charge in [0.2, 0.25) is 0 Å². The number of rotatable bonds is 6. The minimum absolute atomic E-state index is 0.189. The first kappa shape index (κ1) is 21.6. The van der Waals surface area contributed by atoms with Gasteiger partial charge in [-0.25, -0.2) is 0 Å². The molecule has 0 aliphatic rings. The van der Waals surface area contributed by atoms with Crippen molar-refractivity contribution in [3.8, 4) is 5.69 Å². The average Bonchev–Trinajstić information content (AvgIpc) is 2.90. The monoisotopic (exact) mass is 464 g/mol. The third-order valence-corrected chi connectivity index (χ3v) is 6.34. The molecule has 166 valence electrons. The molecule has 5 rings (SSSR count). The fourth-order valence-electron chi connectivity index (χ4n) is 3.58. The van der Waals surface area contributed by atoms with E-state index in [9.17, 15) is 9.59 Å². The molecule has 1 N–H and O–H groups in total. The second-order valence-electron chi connectivity index (χ2n) is 7.58. The van der Waals surface area contributed by atoms with Crippen molar-refractivity contribution in [1.82, 2.24) is 14.8 Å². The molecular weight excluding hydrogens is 444 g/mol. The Kier molecular flexibility index (Phi) is 6.18. The Morgan fingerprint density at radius 3 is 2.32 bits per heavy atom. The first-order valence-corrected chi connectivity index (χ1v) is 11.7. The SMILES string of the molecule is O=C(Nc1ccc(SCc2cccnc2)cc1)c1nn(-c2ccccc2)c(=O)c2ccccc12. The standard InChI is InChI=1S/C27H20N4O2S/c32-26(29-20-12-14-22(15-13-20)34-18-19-7-6-16-28-17-19)25-23-10-4-5-11-24(23)27(33)31(30-25)21-8-2-1-3-9-21/h1-17H,18H2,(H,29,32). The third-order valence-electron chi connectivity index (χ3n) is 5.26. The highest BCUT2D eigenvalue weighted by molar-refractivity contribution is 7.98. The molecule has 2 heterocycles. The van der Waals surface area contributed by atoms with Gasteiger partial charge in [0.25, 0.3) is 11.5 Å². The van der Waals surface area contributed by atoms with Crippen molar-refractivity contribution in [2.75, 3.05) is 5.32 Å². The number of amides is 1. The Bertz CT molecular complexity index is 1500. The number of aromatic nitrogens is 3. The van der Waals surface area contributed by atoms with Gasteiger partial charge in [-0.1, -0.05) is 42.5 Å². The molecule has 1 amide bonds. The van der Waals surface area contributed by atoms with Crippen LogP contribution in [-0.4, -0.2) is 20.7 Å². The number of para-hydroxylation sites is 1. The highest BCUT2D eigenvalue weighted by Crippen LogP contribution is 2.24. The molecule has 0 radical (unpaired) electrons. The largest absolute Gasteiger partial charge is 0.321 e. The normalized spacial score (nSPS) is 10.8. The van der Waals surface area contributed by atoms with Gasteiger partial charge in [-0.2, -0.15) is 9.78 Å². The highest BCUT2D eigenvalue weighted by Gasteiger charge is 2.17. The minimum atomic E-state index is -0.378. The lowest BCUT2D eigenvalue weighted by Gasteiger charge is -2.11. The van der Waals surface area contributed by atoms with Crippen molar-refractivity contribution < 1.29 is 4.79 Å². The zero-order valence-corrected chi connectivity index (χ0v) is 18.9. The molecule has 3 aromatic carbocycles. The molecular formula is C27H20N4O2S. The highest BCUT2D eigenvalue weighted by atomic mass is 32.2. The van der Waals surface area contributed by atoms with E-state index < -0.39 is 0 Å². The van der Waals surface area contributed by atoms with Crippen LogP contribution in [0.4, 0.5) is 5.69 Å². The van der Waals surface area contributed by atoms with Crippen LogP contribution in [-0.2, 0) is 5.75 Å². The van der Waals surface area contributed by atoms with Crippen LogP contribution < -0.4 is 10.9 Å². The van der Waals surface area contributed by atoms with E-state index in [0.29, 0.717) is 22.1 Å². The maximum atomic E-state index is 13.2. The Labute approximate surface area is 200 Å². The van der Waals surface area contributed by atoms with Crippen LogP contribution >= 0.6 is 11.8 Å². The molecule has 0 atom stereocenters. The minimum Gasteiger partial charge on any atom is -0.321 e. The molecule has 0 saturated carbocycles. The molecule has 2 aromatic heterocycles. The molecule has 7 heteroatoms. The summed E-state index contributed by atoms with van der Waals surface area (Å²) in [6, 6.07) is 27.7. The number of thioether (sulfide) groups is 1. The zero-order valence-electron chi connectivity index (χ0n) is 18.1. The Morgan fingerprint density at radius 2 is 1.59 bits per heavy atom. The van der Waals surface area contributed by atoms with E-state index in [1.807, 2.05) is 60.8 Å². The van der Waals surface area contributed by atoms with Crippen molar-refractivity contribution in [2.24, 2.45) is 0 Å². The van der Waals surface area contributed by atoms with E-state index in [0.717, 1.165) is 16.2 Å². The molecule has 0 spiro atoms. The summed E-state index contributed by atoms with van der Waals surface area (Å²) >= 11 is 1.70. The van der Waals surface area contributed by atoms with Crippen LogP contribution in [0.1, 0.15) is 16.1 Å². The van der Waals surface area contributed by atoms with Gasteiger partial charge >= 0.3 is 0 Å². The summed E-state index contributed by atoms with van der Waals surface area (Å²) in [5.41, 5.74) is 2.32. The zero-order chi connectivity index (χ0) is 23.3. The van der Waals surface area contributed by atoms with Crippen LogP contribution in [0.3, 0.4) is 0 Å². The number of fused-ring (bicyclic) bond motifs is 1. The maximum Gasteiger partial charge on any atom is 0.279 e. The van der Waals surface area contributed by atoms with Crippen molar-refractivity contribution in [3.63, 3.8) is 0 Å². The van der Waals surface area contributed by atoms with E-state index in [4.69, 9.17) is 0 Å².